The molecule has 1 saturated carbocycles. The number of hydrogen-bond donors (Lipinski definition) is 2. The molecule has 0 aromatic carbocycles. The van der Waals surface area contributed by atoms with Crippen molar-refractivity contribution in [3.05, 3.63) is 22.7 Å². The summed E-state index contributed by atoms with van der Waals surface area (Å²) in [6, 6.07) is 0.0162. The molecule has 6 heteroatoms. The van der Waals surface area contributed by atoms with E-state index < -0.39 is 5.97 Å². The molecule has 0 aliphatic heterocycles. The predicted octanol–water partition coefficient (Wildman–Crippen LogP) is 0.836. The van der Waals surface area contributed by atoms with Gasteiger partial charge in [0.05, 0.1) is 5.92 Å². The summed E-state index contributed by atoms with van der Waals surface area (Å²) in [6.45, 7) is 0. The number of anilines is 1. The van der Waals surface area contributed by atoms with E-state index in [9.17, 15) is 9.59 Å². The molecular weight excluding hydrogens is 234 g/mol. The zero-order valence-electron chi connectivity index (χ0n) is 10.3. The number of aromatic nitrogens is 2. The minimum Gasteiger partial charge on any atom is -0.481 e. The van der Waals surface area contributed by atoms with Gasteiger partial charge in [-0.2, -0.15) is 0 Å². The first-order valence-corrected chi connectivity index (χ1v) is 6.09. The summed E-state index contributed by atoms with van der Waals surface area (Å²) in [5, 5.41) is 12.1. The van der Waals surface area contributed by atoms with Crippen LogP contribution < -0.4 is 10.9 Å². The highest BCUT2D eigenvalue weighted by atomic mass is 16.4. The Hall–Kier alpha value is -1.85. The second kappa shape index (κ2) is 5.20. The number of carboxylic acids is 1. The monoisotopic (exact) mass is 251 g/mol. The molecule has 2 rings (SSSR count). The molecule has 0 spiro atoms. The zero-order chi connectivity index (χ0) is 13.1. The third-order valence-electron chi connectivity index (χ3n) is 3.38. The van der Waals surface area contributed by atoms with Crippen molar-refractivity contribution in [1.82, 2.24) is 9.55 Å². The van der Waals surface area contributed by atoms with Crippen molar-refractivity contribution >= 4 is 11.8 Å². The van der Waals surface area contributed by atoms with Crippen LogP contribution in [0.4, 0.5) is 5.82 Å². The molecule has 1 aliphatic carbocycles. The Morgan fingerprint density at radius 1 is 1.56 bits per heavy atom. The Morgan fingerprint density at radius 3 is 3.06 bits per heavy atom. The standard InChI is InChI=1S/C12H17N3O3/c1-15-6-5-13-10(11(15)16)14-9-4-2-3-8(7-9)12(17)18/h5-6,8-9H,2-4,7H2,1H3,(H,13,14)(H,17,18). The van der Waals surface area contributed by atoms with E-state index in [4.69, 9.17) is 5.11 Å². The number of hydrogen-bond acceptors (Lipinski definition) is 4. The minimum absolute atomic E-state index is 0.0162. The van der Waals surface area contributed by atoms with E-state index in [0.29, 0.717) is 18.7 Å². The van der Waals surface area contributed by atoms with Gasteiger partial charge in [-0.3, -0.25) is 9.59 Å². The first-order valence-electron chi connectivity index (χ1n) is 6.09. The molecule has 1 heterocycles. The number of aryl methyl sites for hydroxylation is 1. The van der Waals surface area contributed by atoms with Crippen LogP contribution in [0.3, 0.4) is 0 Å². The fourth-order valence-electron chi connectivity index (χ4n) is 2.34. The molecule has 2 N–H and O–H groups in total. The summed E-state index contributed by atoms with van der Waals surface area (Å²) < 4.78 is 1.45. The summed E-state index contributed by atoms with van der Waals surface area (Å²) in [5.41, 5.74) is -0.185. The number of nitrogens with one attached hydrogen (secondary N) is 1. The molecule has 0 amide bonds. The van der Waals surface area contributed by atoms with Crippen LogP contribution in [0.1, 0.15) is 25.7 Å². The Balaban J connectivity index is 2.07. The third-order valence-corrected chi connectivity index (χ3v) is 3.38. The van der Waals surface area contributed by atoms with Crippen LogP contribution in [0.15, 0.2) is 17.2 Å². The maximum atomic E-state index is 11.8. The first-order chi connectivity index (χ1) is 8.58. The van der Waals surface area contributed by atoms with Crippen LogP contribution in [-0.4, -0.2) is 26.7 Å². The van der Waals surface area contributed by atoms with Gasteiger partial charge in [0.25, 0.3) is 5.56 Å². The maximum Gasteiger partial charge on any atom is 0.306 e. The van der Waals surface area contributed by atoms with Gasteiger partial charge in [-0.05, 0) is 19.3 Å². The summed E-state index contributed by atoms with van der Waals surface area (Å²) in [7, 11) is 1.66. The van der Waals surface area contributed by atoms with E-state index in [2.05, 4.69) is 10.3 Å². The second-order valence-corrected chi connectivity index (χ2v) is 4.73. The van der Waals surface area contributed by atoms with Gasteiger partial charge in [0, 0.05) is 25.5 Å². The number of nitrogens with zero attached hydrogens (tertiary/aromatic N) is 2. The van der Waals surface area contributed by atoms with Gasteiger partial charge < -0.3 is 15.0 Å². The van der Waals surface area contributed by atoms with E-state index in [1.165, 1.54) is 4.57 Å². The largest absolute Gasteiger partial charge is 0.481 e. The lowest BCUT2D eigenvalue weighted by Crippen LogP contribution is -2.34. The van der Waals surface area contributed by atoms with Crippen LogP contribution in [-0.2, 0) is 11.8 Å². The lowest BCUT2D eigenvalue weighted by Gasteiger charge is -2.27. The Bertz CT molecular complexity index is 498. The van der Waals surface area contributed by atoms with E-state index in [0.717, 1.165) is 12.8 Å². The molecule has 0 saturated heterocycles. The lowest BCUT2D eigenvalue weighted by molar-refractivity contribution is -0.142. The number of aliphatic carboxylic acids is 1. The van der Waals surface area contributed by atoms with Crippen LogP contribution in [0, 0.1) is 5.92 Å². The van der Waals surface area contributed by atoms with E-state index in [-0.39, 0.29) is 17.5 Å². The van der Waals surface area contributed by atoms with E-state index in [1.807, 2.05) is 0 Å². The Morgan fingerprint density at radius 2 is 2.33 bits per heavy atom. The van der Waals surface area contributed by atoms with Crippen molar-refractivity contribution in [3.8, 4) is 0 Å². The average Bonchev–Trinajstić information content (AvgIpc) is 2.35. The minimum atomic E-state index is -0.754. The van der Waals surface area contributed by atoms with Gasteiger partial charge in [-0.25, -0.2) is 4.98 Å². The lowest BCUT2D eigenvalue weighted by atomic mass is 9.86. The quantitative estimate of drug-likeness (QED) is 0.831. The fraction of sp³-hybridized carbons (Fsp3) is 0.583. The first kappa shape index (κ1) is 12.6. The summed E-state index contributed by atoms with van der Waals surface area (Å²) in [6.07, 6.45) is 6.16. The summed E-state index contributed by atoms with van der Waals surface area (Å²) in [5.74, 6) is -0.768. The molecule has 2 atom stereocenters. The average molecular weight is 251 g/mol. The zero-order valence-corrected chi connectivity index (χ0v) is 10.3. The normalized spacial score (nSPS) is 23.6. The van der Waals surface area contributed by atoms with Crippen molar-refractivity contribution in [1.29, 1.82) is 0 Å². The predicted molar refractivity (Wildman–Crippen MR) is 66.5 cm³/mol. The van der Waals surface area contributed by atoms with Crippen LogP contribution in [0.2, 0.25) is 0 Å². The van der Waals surface area contributed by atoms with Gasteiger partial charge >= 0.3 is 5.97 Å². The van der Waals surface area contributed by atoms with Crippen LogP contribution >= 0.6 is 0 Å². The molecular formula is C12H17N3O3. The smallest absolute Gasteiger partial charge is 0.306 e. The molecule has 0 bridgehead atoms. The fourth-order valence-corrected chi connectivity index (χ4v) is 2.34. The summed E-state index contributed by atoms with van der Waals surface area (Å²) >= 11 is 0. The van der Waals surface area contributed by atoms with Crippen molar-refractivity contribution in [2.75, 3.05) is 5.32 Å². The number of carboxylic acid groups (broad SMARTS) is 1. The SMILES string of the molecule is Cn1ccnc(NC2CCCC(C(=O)O)C2)c1=O. The molecule has 98 valence electrons. The van der Waals surface area contributed by atoms with E-state index >= 15 is 0 Å². The van der Waals surface area contributed by atoms with Gasteiger partial charge in [-0.15, -0.1) is 0 Å². The maximum absolute atomic E-state index is 11.8. The molecule has 18 heavy (non-hydrogen) atoms. The number of rotatable bonds is 3. The Labute approximate surface area is 105 Å². The van der Waals surface area contributed by atoms with Crippen molar-refractivity contribution in [2.24, 2.45) is 13.0 Å². The van der Waals surface area contributed by atoms with Crippen LogP contribution in [0.5, 0.6) is 0 Å². The molecule has 6 nitrogen and oxygen atoms in total. The van der Waals surface area contributed by atoms with Crippen molar-refractivity contribution in [2.45, 2.75) is 31.7 Å². The van der Waals surface area contributed by atoms with Crippen molar-refractivity contribution < 1.29 is 9.90 Å². The highest BCUT2D eigenvalue weighted by Gasteiger charge is 2.27. The van der Waals surface area contributed by atoms with Gasteiger partial charge in [0.15, 0.2) is 5.82 Å². The molecule has 0 radical (unpaired) electrons. The Kier molecular flexibility index (Phi) is 3.64. The van der Waals surface area contributed by atoms with Gasteiger partial charge in [-0.1, -0.05) is 6.42 Å². The van der Waals surface area contributed by atoms with Gasteiger partial charge in [0.2, 0.25) is 0 Å². The molecule has 1 aromatic heterocycles. The third kappa shape index (κ3) is 2.69. The highest BCUT2D eigenvalue weighted by Crippen LogP contribution is 2.25. The highest BCUT2D eigenvalue weighted by molar-refractivity contribution is 5.70. The summed E-state index contributed by atoms with van der Waals surface area (Å²) in [4.78, 5) is 26.8. The molecule has 2 unspecified atom stereocenters. The molecule has 1 fully saturated rings. The second-order valence-electron chi connectivity index (χ2n) is 4.73. The number of carbonyl (C=O) groups is 1. The molecule has 1 aromatic rings. The van der Waals surface area contributed by atoms with Crippen molar-refractivity contribution in [3.63, 3.8) is 0 Å². The van der Waals surface area contributed by atoms with E-state index in [1.54, 1.807) is 19.4 Å². The van der Waals surface area contributed by atoms with Crippen LogP contribution in [0.25, 0.3) is 0 Å². The van der Waals surface area contributed by atoms with Gasteiger partial charge in [0.1, 0.15) is 0 Å². The molecule has 1 aliphatic rings. The topological polar surface area (TPSA) is 84.2 Å².